The van der Waals surface area contributed by atoms with Crippen LogP contribution in [0.4, 0.5) is 0 Å². The zero-order valence-corrected chi connectivity index (χ0v) is 14.2. The molecule has 0 aromatic heterocycles. The molecule has 0 atom stereocenters. The molecule has 126 valence electrons. The van der Waals surface area contributed by atoms with Gasteiger partial charge in [-0.2, -0.15) is 0 Å². The molecule has 2 aliphatic rings. The van der Waals surface area contributed by atoms with E-state index in [1.54, 1.807) is 0 Å². The maximum absolute atomic E-state index is 13.4. The molecule has 2 fully saturated rings. The number of hydrogen-bond donors (Lipinski definition) is 1. The highest BCUT2D eigenvalue weighted by Gasteiger charge is 2.45. The summed E-state index contributed by atoms with van der Waals surface area (Å²) in [6, 6.07) is 7.75. The van der Waals surface area contributed by atoms with Crippen LogP contribution in [0.5, 0.6) is 0 Å². The number of rotatable bonds is 3. The monoisotopic (exact) mass is 336 g/mol. The van der Waals surface area contributed by atoms with Crippen LogP contribution in [-0.4, -0.2) is 43.7 Å². The van der Waals surface area contributed by atoms with E-state index in [9.17, 15) is 4.79 Å². The van der Waals surface area contributed by atoms with E-state index in [1.165, 1.54) is 0 Å². The summed E-state index contributed by atoms with van der Waals surface area (Å²) >= 11 is 6.45. The quantitative estimate of drug-likeness (QED) is 0.923. The van der Waals surface area contributed by atoms with E-state index >= 15 is 0 Å². The third kappa shape index (κ3) is 3.25. The fourth-order valence-electron chi connectivity index (χ4n) is 3.84. The van der Waals surface area contributed by atoms with E-state index in [-0.39, 0.29) is 5.91 Å². The lowest BCUT2D eigenvalue weighted by Gasteiger charge is -2.42. The van der Waals surface area contributed by atoms with Crippen LogP contribution in [0.15, 0.2) is 24.3 Å². The number of benzene rings is 1. The minimum atomic E-state index is -0.536. The van der Waals surface area contributed by atoms with Crippen molar-refractivity contribution in [3.63, 3.8) is 0 Å². The van der Waals surface area contributed by atoms with Crippen LogP contribution in [0.1, 0.15) is 31.2 Å². The molecular formula is C18H25ClN2O2. The molecule has 1 aromatic carbocycles. The van der Waals surface area contributed by atoms with E-state index in [2.05, 4.69) is 0 Å². The maximum Gasteiger partial charge on any atom is 0.233 e. The van der Waals surface area contributed by atoms with Crippen molar-refractivity contribution in [2.45, 2.75) is 31.1 Å². The smallest absolute Gasteiger partial charge is 0.233 e. The van der Waals surface area contributed by atoms with Crippen LogP contribution in [-0.2, 0) is 14.9 Å². The predicted octanol–water partition coefficient (Wildman–Crippen LogP) is 2.59. The molecule has 4 nitrogen and oxygen atoms in total. The third-order valence-corrected chi connectivity index (χ3v) is 5.71. The molecule has 5 heteroatoms. The first-order chi connectivity index (χ1) is 11.2. The Morgan fingerprint density at radius 2 is 1.91 bits per heavy atom. The number of nitrogens with zero attached hydrogens (tertiary/aromatic N) is 1. The van der Waals surface area contributed by atoms with Crippen molar-refractivity contribution in [3.8, 4) is 0 Å². The van der Waals surface area contributed by atoms with Gasteiger partial charge in [-0.3, -0.25) is 4.79 Å². The first-order valence-corrected chi connectivity index (χ1v) is 8.87. The zero-order valence-electron chi connectivity index (χ0n) is 13.5. The van der Waals surface area contributed by atoms with E-state index in [0.29, 0.717) is 43.5 Å². The summed E-state index contributed by atoms with van der Waals surface area (Å²) in [6.45, 7) is 3.53. The van der Waals surface area contributed by atoms with E-state index in [4.69, 9.17) is 22.1 Å². The van der Waals surface area contributed by atoms with Crippen molar-refractivity contribution in [1.29, 1.82) is 0 Å². The lowest BCUT2D eigenvalue weighted by molar-refractivity contribution is -0.142. The Kier molecular flexibility index (Phi) is 5.24. The van der Waals surface area contributed by atoms with Gasteiger partial charge in [0.25, 0.3) is 0 Å². The van der Waals surface area contributed by atoms with Gasteiger partial charge >= 0.3 is 0 Å². The minimum absolute atomic E-state index is 0.212. The van der Waals surface area contributed by atoms with Crippen LogP contribution >= 0.6 is 11.6 Å². The Morgan fingerprint density at radius 1 is 1.26 bits per heavy atom. The Morgan fingerprint density at radius 3 is 2.52 bits per heavy atom. The Labute approximate surface area is 142 Å². The summed E-state index contributed by atoms with van der Waals surface area (Å²) in [5.74, 6) is 0.759. The number of carbonyl (C=O) groups is 1. The van der Waals surface area contributed by atoms with Gasteiger partial charge in [-0.05, 0) is 49.8 Å². The van der Waals surface area contributed by atoms with Crippen molar-refractivity contribution in [2.24, 2.45) is 11.7 Å². The van der Waals surface area contributed by atoms with Gasteiger partial charge in [0.15, 0.2) is 0 Å². The van der Waals surface area contributed by atoms with Crippen molar-refractivity contribution >= 4 is 17.5 Å². The molecule has 2 heterocycles. The van der Waals surface area contributed by atoms with Gasteiger partial charge in [-0.15, -0.1) is 0 Å². The summed E-state index contributed by atoms with van der Waals surface area (Å²) in [4.78, 5) is 15.4. The summed E-state index contributed by atoms with van der Waals surface area (Å²) in [6.07, 6.45) is 3.40. The highest BCUT2D eigenvalue weighted by Crippen LogP contribution is 2.40. The lowest BCUT2D eigenvalue weighted by Crippen LogP contribution is -2.52. The van der Waals surface area contributed by atoms with Crippen molar-refractivity contribution in [3.05, 3.63) is 34.9 Å². The Balaban J connectivity index is 1.87. The largest absolute Gasteiger partial charge is 0.381 e. The molecule has 2 N–H and O–H groups in total. The first kappa shape index (κ1) is 16.7. The molecule has 0 radical (unpaired) electrons. The van der Waals surface area contributed by atoms with Crippen LogP contribution in [0, 0.1) is 5.92 Å². The molecule has 0 aliphatic carbocycles. The van der Waals surface area contributed by atoms with E-state index < -0.39 is 5.41 Å². The predicted molar refractivity (Wildman–Crippen MR) is 91.5 cm³/mol. The van der Waals surface area contributed by atoms with Crippen molar-refractivity contribution < 1.29 is 9.53 Å². The number of likely N-dealkylation sites (tertiary alicyclic amines) is 1. The van der Waals surface area contributed by atoms with Crippen LogP contribution in [0.2, 0.25) is 5.02 Å². The second-order valence-electron chi connectivity index (χ2n) is 6.65. The maximum atomic E-state index is 13.4. The normalized spacial score (nSPS) is 22.1. The lowest BCUT2D eigenvalue weighted by atomic mass is 9.72. The van der Waals surface area contributed by atoms with Gasteiger partial charge in [0.1, 0.15) is 0 Å². The molecule has 0 saturated carbocycles. The molecule has 23 heavy (non-hydrogen) atoms. The van der Waals surface area contributed by atoms with Gasteiger partial charge in [0.2, 0.25) is 5.91 Å². The molecule has 2 saturated heterocycles. The minimum Gasteiger partial charge on any atom is -0.381 e. The molecule has 2 aliphatic heterocycles. The molecule has 1 amide bonds. The number of nitrogens with two attached hydrogens (primary N) is 1. The Bertz CT molecular complexity index is 550. The summed E-state index contributed by atoms with van der Waals surface area (Å²) in [5, 5.41) is 0.680. The third-order valence-electron chi connectivity index (χ3n) is 5.38. The second-order valence-corrected chi connectivity index (χ2v) is 7.05. The Hall–Kier alpha value is -1.10. The van der Waals surface area contributed by atoms with Crippen LogP contribution < -0.4 is 5.73 Å². The fourth-order valence-corrected chi connectivity index (χ4v) is 4.16. The highest BCUT2D eigenvalue weighted by molar-refractivity contribution is 6.31. The molecular weight excluding hydrogens is 312 g/mol. The highest BCUT2D eigenvalue weighted by atomic mass is 35.5. The average molecular weight is 337 g/mol. The summed E-state index contributed by atoms with van der Waals surface area (Å²) in [5.41, 5.74) is 6.19. The SMILES string of the molecule is NCC1CCN(C(=O)C2(c3ccccc3Cl)CCOCC2)CC1. The number of halogens is 1. The van der Waals surface area contributed by atoms with Crippen molar-refractivity contribution in [1.82, 2.24) is 4.90 Å². The average Bonchev–Trinajstić information content (AvgIpc) is 2.62. The number of hydrogen-bond acceptors (Lipinski definition) is 3. The van der Waals surface area contributed by atoms with Gasteiger partial charge in [0, 0.05) is 31.3 Å². The van der Waals surface area contributed by atoms with Gasteiger partial charge in [-0.25, -0.2) is 0 Å². The molecule has 3 rings (SSSR count). The summed E-state index contributed by atoms with van der Waals surface area (Å²) in [7, 11) is 0. The topological polar surface area (TPSA) is 55.6 Å². The summed E-state index contributed by atoms with van der Waals surface area (Å²) < 4.78 is 5.53. The number of piperidine rings is 1. The molecule has 0 unspecified atom stereocenters. The molecule has 0 spiro atoms. The van der Waals surface area contributed by atoms with E-state index in [1.807, 2.05) is 29.2 Å². The first-order valence-electron chi connectivity index (χ1n) is 8.49. The fraction of sp³-hybridized carbons (Fsp3) is 0.611. The zero-order chi connectivity index (χ0) is 16.3. The van der Waals surface area contributed by atoms with Crippen LogP contribution in [0.3, 0.4) is 0 Å². The van der Waals surface area contributed by atoms with Crippen LogP contribution in [0.25, 0.3) is 0 Å². The van der Waals surface area contributed by atoms with Gasteiger partial charge < -0.3 is 15.4 Å². The van der Waals surface area contributed by atoms with Gasteiger partial charge in [0.05, 0.1) is 5.41 Å². The van der Waals surface area contributed by atoms with E-state index in [0.717, 1.165) is 31.5 Å². The molecule has 1 aromatic rings. The number of carbonyl (C=O) groups excluding carboxylic acids is 1. The van der Waals surface area contributed by atoms with Crippen molar-refractivity contribution in [2.75, 3.05) is 32.8 Å². The number of amides is 1. The standard InChI is InChI=1S/C18H25ClN2O2/c19-16-4-2-1-3-15(16)18(7-11-23-12-8-18)17(22)21-9-5-14(13-20)6-10-21/h1-4,14H,5-13,20H2. The molecule has 0 bridgehead atoms. The van der Waals surface area contributed by atoms with Gasteiger partial charge in [-0.1, -0.05) is 29.8 Å². The second kappa shape index (κ2) is 7.20. The number of ether oxygens (including phenoxy) is 1.